The number of carboxylic acid groups (broad SMARTS) is 1. The van der Waals surface area contributed by atoms with Gasteiger partial charge >= 0.3 is 0 Å². The number of aryl methyl sites for hydroxylation is 1. The molecule has 6 heteroatoms. The lowest BCUT2D eigenvalue weighted by atomic mass is 10.2. The average molecular weight is 305 g/mol. The lowest BCUT2D eigenvalue weighted by Crippen LogP contribution is -2.24. The third kappa shape index (κ3) is 5.07. The Morgan fingerprint density at radius 2 is 2.33 bits per heavy atom. The van der Waals surface area contributed by atoms with Crippen molar-refractivity contribution in [3.05, 3.63) is 40.9 Å². The molecule has 1 N–H and O–H groups in total. The Morgan fingerprint density at radius 3 is 3.10 bits per heavy atom. The number of carbonyl (C=O) groups excluding carboxylic acids is 1. The first kappa shape index (κ1) is 15.3. The Kier molecular flexibility index (Phi) is 5.57. The molecule has 0 saturated heterocycles. The fraction of sp³-hybridized carbons (Fsp3) is 0.333. The van der Waals surface area contributed by atoms with E-state index in [0.29, 0.717) is 24.0 Å². The van der Waals surface area contributed by atoms with E-state index in [1.165, 1.54) is 16.9 Å². The second-order valence-electron chi connectivity index (χ2n) is 4.47. The van der Waals surface area contributed by atoms with Crippen molar-refractivity contribution in [1.29, 1.82) is 0 Å². The van der Waals surface area contributed by atoms with Gasteiger partial charge in [-0.3, -0.25) is 0 Å². The van der Waals surface area contributed by atoms with Crippen LogP contribution in [0.2, 0.25) is 0 Å². The molecule has 0 bridgehead atoms. The quantitative estimate of drug-likeness (QED) is 0.748. The highest BCUT2D eigenvalue weighted by atomic mass is 32.1. The van der Waals surface area contributed by atoms with Crippen molar-refractivity contribution < 1.29 is 14.6 Å². The SMILES string of the molecule is CCc1cccc(OCCNc2nc(CC(=O)[O-])cs2)c1. The lowest BCUT2D eigenvalue weighted by Gasteiger charge is -2.07. The molecule has 0 aliphatic rings. The second kappa shape index (κ2) is 7.64. The number of nitrogens with zero attached hydrogens (tertiary/aromatic N) is 1. The van der Waals surface area contributed by atoms with Gasteiger partial charge in [0.15, 0.2) is 5.13 Å². The standard InChI is InChI=1S/C15H18N2O3S/c1-2-11-4-3-5-13(8-11)20-7-6-16-15-17-12(10-21-15)9-14(18)19/h3-5,8,10H,2,6-7,9H2,1H3,(H,16,17)(H,18,19)/p-1. The van der Waals surface area contributed by atoms with Crippen LogP contribution in [0, 0.1) is 0 Å². The summed E-state index contributed by atoms with van der Waals surface area (Å²) in [5, 5.41) is 16.0. The summed E-state index contributed by atoms with van der Waals surface area (Å²) in [6.45, 7) is 3.23. The van der Waals surface area contributed by atoms with Crippen LogP contribution in [0.3, 0.4) is 0 Å². The molecule has 2 rings (SSSR count). The molecule has 1 aromatic carbocycles. The first-order chi connectivity index (χ1) is 10.2. The summed E-state index contributed by atoms with van der Waals surface area (Å²) >= 11 is 1.37. The molecule has 1 heterocycles. The molecule has 0 radical (unpaired) electrons. The van der Waals surface area contributed by atoms with Crippen molar-refractivity contribution in [2.45, 2.75) is 19.8 Å². The van der Waals surface area contributed by atoms with Gasteiger partial charge in [0, 0.05) is 17.8 Å². The van der Waals surface area contributed by atoms with Crippen LogP contribution in [0.15, 0.2) is 29.6 Å². The summed E-state index contributed by atoms with van der Waals surface area (Å²) < 4.78 is 5.65. The van der Waals surface area contributed by atoms with Crippen molar-refractivity contribution in [3.8, 4) is 5.75 Å². The predicted octanol–water partition coefficient (Wildman–Crippen LogP) is 1.49. The number of hydrogen-bond donors (Lipinski definition) is 1. The van der Waals surface area contributed by atoms with E-state index in [9.17, 15) is 9.90 Å². The number of thiazole rings is 1. The summed E-state index contributed by atoms with van der Waals surface area (Å²) in [6, 6.07) is 8.01. The Bertz CT molecular complexity index is 598. The maximum absolute atomic E-state index is 10.5. The Morgan fingerprint density at radius 1 is 1.48 bits per heavy atom. The van der Waals surface area contributed by atoms with E-state index < -0.39 is 5.97 Å². The van der Waals surface area contributed by atoms with Gasteiger partial charge in [0.1, 0.15) is 12.4 Å². The van der Waals surface area contributed by atoms with Crippen LogP contribution in [0.5, 0.6) is 5.75 Å². The highest BCUT2D eigenvalue weighted by Gasteiger charge is 2.02. The number of benzene rings is 1. The van der Waals surface area contributed by atoms with E-state index in [0.717, 1.165) is 12.2 Å². The van der Waals surface area contributed by atoms with Gasteiger partial charge in [-0.2, -0.15) is 0 Å². The lowest BCUT2D eigenvalue weighted by molar-refractivity contribution is -0.304. The molecule has 0 atom stereocenters. The largest absolute Gasteiger partial charge is 0.550 e. The van der Waals surface area contributed by atoms with Crippen molar-refractivity contribution >= 4 is 22.4 Å². The van der Waals surface area contributed by atoms with E-state index >= 15 is 0 Å². The second-order valence-corrected chi connectivity index (χ2v) is 5.33. The van der Waals surface area contributed by atoms with E-state index in [2.05, 4.69) is 23.3 Å². The van der Waals surface area contributed by atoms with Gasteiger partial charge in [-0.05, 0) is 24.1 Å². The summed E-state index contributed by atoms with van der Waals surface area (Å²) in [7, 11) is 0. The van der Waals surface area contributed by atoms with Crippen LogP contribution in [-0.4, -0.2) is 24.1 Å². The molecule has 112 valence electrons. The first-order valence-corrected chi connectivity index (χ1v) is 7.65. The normalized spacial score (nSPS) is 10.3. The zero-order valence-electron chi connectivity index (χ0n) is 11.8. The molecule has 0 fully saturated rings. The minimum Gasteiger partial charge on any atom is -0.550 e. The first-order valence-electron chi connectivity index (χ1n) is 6.77. The molecule has 2 aromatic rings. The fourth-order valence-electron chi connectivity index (χ4n) is 1.80. The molecule has 5 nitrogen and oxygen atoms in total. The third-order valence-electron chi connectivity index (χ3n) is 2.83. The zero-order chi connectivity index (χ0) is 15.1. The summed E-state index contributed by atoms with van der Waals surface area (Å²) in [5.74, 6) is -0.265. The van der Waals surface area contributed by atoms with E-state index in [-0.39, 0.29) is 6.42 Å². The third-order valence-corrected chi connectivity index (χ3v) is 3.68. The summed E-state index contributed by atoms with van der Waals surface area (Å²) in [4.78, 5) is 14.6. The molecule has 1 aromatic heterocycles. The molecular weight excluding hydrogens is 288 g/mol. The van der Waals surface area contributed by atoms with Gasteiger partial charge in [0.25, 0.3) is 0 Å². The van der Waals surface area contributed by atoms with Crippen molar-refractivity contribution in [3.63, 3.8) is 0 Å². The number of aliphatic carboxylic acids is 1. The highest BCUT2D eigenvalue weighted by Crippen LogP contribution is 2.16. The maximum Gasteiger partial charge on any atom is 0.182 e. The topological polar surface area (TPSA) is 74.3 Å². The molecule has 21 heavy (non-hydrogen) atoms. The van der Waals surface area contributed by atoms with Crippen molar-refractivity contribution in [2.75, 3.05) is 18.5 Å². The van der Waals surface area contributed by atoms with Crippen LogP contribution < -0.4 is 15.2 Å². The number of anilines is 1. The van der Waals surface area contributed by atoms with Crippen molar-refractivity contribution in [2.24, 2.45) is 0 Å². The van der Waals surface area contributed by atoms with E-state index in [4.69, 9.17) is 4.74 Å². The van der Waals surface area contributed by atoms with Gasteiger partial charge in [0.2, 0.25) is 0 Å². The van der Waals surface area contributed by atoms with Gasteiger partial charge in [0.05, 0.1) is 12.2 Å². The summed E-state index contributed by atoms with van der Waals surface area (Å²) in [5.41, 5.74) is 1.76. The monoisotopic (exact) mass is 305 g/mol. The molecular formula is C15H17N2O3S-. The fourth-order valence-corrected chi connectivity index (χ4v) is 2.54. The minimum absolute atomic E-state index is 0.154. The van der Waals surface area contributed by atoms with Gasteiger partial charge < -0.3 is 20.0 Å². The Balaban J connectivity index is 1.74. The molecule has 0 unspecified atom stereocenters. The molecule has 0 amide bonds. The zero-order valence-corrected chi connectivity index (χ0v) is 12.6. The Labute approximate surface area is 127 Å². The predicted molar refractivity (Wildman–Crippen MR) is 80.6 cm³/mol. The molecule has 0 spiro atoms. The Hall–Kier alpha value is -2.08. The van der Waals surface area contributed by atoms with E-state index in [1.54, 1.807) is 5.38 Å². The molecule has 0 saturated carbocycles. The van der Waals surface area contributed by atoms with Crippen LogP contribution in [0.1, 0.15) is 18.2 Å². The average Bonchev–Trinajstić information content (AvgIpc) is 2.90. The number of carboxylic acids is 1. The smallest absolute Gasteiger partial charge is 0.182 e. The highest BCUT2D eigenvalue weighted by molar-refractivity contribution is 7.13. The van der Waals surface area contributed by atoms with Crippen LogP contribution in [0.4, 0.5) is 5.13 Å². The van der Waals surface area contributed by atoms with E-state index in [1.807, 2.05) is 18.2 Å². The minimum atomic E-state index is -1.12. The van der Waals surface area contributed by atoms with Gasteiger partial charge in [-0.15, -0.1) is 11.3 Å². The van der Waals surface area contributed by atoms with Crippen LogP contribution in [0.25, 0.3) is 0 Å². The number of ether oxygens (including phenoxy) is 1. The molecule has 0 aliphatic heterocycles. The number of hydrogen-bond acceptors (Lipinski definition) is 6. The van der Waals surface area contributed by atoms with Crippen LogP contribution in [-0.2, 0) is 17.6 Å². The number of rotatable bonds is 8. The number of aromatic nitrogens is 1. The van der Waals surface area contributed by atoms with Gasteiger partial charge in [-0.1, -0.05) is 19.1 Å². The summed E-state index contributed by atoms with van der Waals surface area (Å²) in [6.07, 6.45) is 0.828. The van der Waals surface area contributed by atoms with Crippen LogP contribution >= 0.6 is 11.3 Å². The number of nitrogens with one attached hydrogen (secondary N) is 1. The van der Waals surface area contributed by atoms with Crippen molar-refractivity contribution in [1.82, 2.24) is 4.98 Å². The maximum atomic E-state index is 10.5. The number of carbonyl (C=O) groups is 1. The molecule has 0 aliphatic carbocycles. The van der Waals surface area contributed by atoms with Gasteiger partial charge in [-0.25, -0.2) is 4.98 Å².